The quantitative estimate of drug-likeness (QED) is 0.779. The number of aromatic nitrogens is 1. The largest absolute Gasteiger partial charge is 0.483 e. The minimum Gasteiger partial charge on any atom is -0.483 e. The number of carbonyl (C=O) groups excluding carboxylic acids is 1. The SMILES string of the molecule is CCc1ccccc1OCC(=O)Nc1cnc2ccccc2c1. The van der Waals surface area contributed by atoms with Crippen LogP contribution >= 0.6 is 0 Å². The van der Waals surface area contributed by atoms with Crippen LogP contribution in [0.1, 0.15) is 12.5 Å². The number of para-hydroxylation sites is 2. The average Bonchev–Trinajstić information content (AvgIpc) is 2.60. The van der Waals surface area contributed by atoms with Gasteiger partial charge in [-0.15, -0.1) is 0 Å². The van der Waals surface area contributed by atoms with Crippen molar-refractivity contribution in [1.29, 1.82) is 0 Å². The van der Waals surface area contributed by atoms with E-state index in [1.807, 2.05) is 54.6 Å². The fourth-order valence-electron chi connectivity index (χ4n) is 2.42. The standard InChI is InChI=1S/C19H18N2O2/c1-2-14-7-4-6-10-18(14)23-13-19(22)21-16-11-15-8-3-5-9-17(15)20-12-16/h3-12H,2,13H2,1H3,(H,21,22). The Morgan fingerprint density at radius 2 is 1.91 bits per heavy atom. The van der Waals surface area contributed by atoms with E-state index in [-0.39, 0.29) is 12.5 Å². The summed E-state index contributed by atoms with van der Waals surface area (Å²) in [6, 6.07) is 17.4. The molecule has 4 heteroatoms. The monoisotopic (exact) mass is 306 g/mol. The van der Waals surface area contributed by atoms with Crippen LogP contribution in [0.4, 0.5) is 5.69 Å². The highest BCUT2D eigenvalue weighted by atomic mass is 16.5. The van der Waals surface area contributed by atoms with Crippen molar-refractivity contribution < 1.29 is 9.53 Å². The highest BCUT2D eigenvalue weighted by Gasteiger charge is 2.07. The van der Waals surface area contributed by atoms with Gasteiger partial charge in [-0.25, -0.2) is 0 Å². The van der Waals surface area contributed by atoms with Crippen LogP contribution in [0.3, 0.4) is 0 Å². The average molecular weight is 306 g/mol. The lowest BCUT2D eigenvalue weighted by Crippen LogP contribution is -2.20. The molecule has 4 nitrogen and oxygen atoms in total. The lowest BCUT2D eigenvalue weighted by atomic mass is 10.1. The molecule has 2 aromatic carbocycles. The van der Waals surface area contributed by atoms with Crippen molar-refractivity contribution in [2.75, 3.05) is 11.9 Å². The molecule has 0 aliphatic carbocycles. The summed E-state index contributed by atoms with van der Waals surface area (Å²) in [5.74, 6) is 0.551. The lowest BCUT2D eigenvalue weighted by Gasteiger charge is -2.10. The van der Waals surface area contributed by atoms with E-state index < -0.39 is 0 Å². The van der Waals surface area contributed by atoms with Crippen molar-refractivity contribution in [3.8, 4) is 5.75 Å². The van der Waals surface area contributed by atoms with E-state index in [1.165, 1.54) is 0 Å². The predicted molar refractivity (Wildman–Crippen MR) is 91.7 cm³/mol. The van der Waals surface area contributed by atoms with Crippen LogP contribution in [0, 0.1) is 0 Å². The number of rotatable bonds is 5. The number of fused-ring (bicyclic) bond motifs is 1. The van der Waals surface area contributed by atoms with E-state index in [2.05, 4.69) is 17.2 Å². The number of carbonyl (C=O) groups is 1. The van der Waals surface area contributed by atoms with Crippen LogP contribution in [0.2, 0.25) is 0 Å². The Morgan fingerprint density at radius 3 is 2.78 bits per heavy atom. The van der Waals surface area contributed by atoms with Gasteiger partial charge in [0.1, 0.15) is 5.75 Å². The summed E-state index contributed by atoms with van der Waals surface area (Å²) in [5.41, 5.74) is 2.66. The van der Waals surface area contributed by atoms with Gasteiger partial charge in [-0.1, -0.05) is 43.3 Å². The van der Waals surface area contributed by atoms with Crippen LogP contribution in [-0.4, -0.2) is 17.5 Å². The fraction of sp³-hybridized carbons (Fsp3) is 0.158. The first-order chi connectivity index (χ1) is 11.3. The molecule has 23 heavy (non-hydrogen) atoms. The Bertz CT molecular complexity index is 830. The molecule has 0 saturated heterocycles. The molecule has 1 amide bonds. The summed E-state index contributed by atoms with van der Waals surface area (Å²) in [5, 5.41) is 3.80. The zero-order valence-electron chi connectivity index (χ0n) is 13.0. The molecule has 116 valence electrons. The summed E-state index contributed by atoms with van der Waals surface area (Å²) >= 11 is 0. The maximum Gasteiger partial charge on any atom is 0.262 e. The molecule has 0 atom stereocenters. The third kappa shape index (κ3) is 3.66. The van der Waals surface area contributed by atoms with Gasteiger partial charge in [0, 0.05) is 5.39 Å². The van der Waals surface area contributed by atoms with Crippen LogP contribution in [0.15, 0.2) is 60.8 Å². The molecule has 0 bridgehead atoms. The van der Waals surface area contributed by atoms with Gasteiger partial charge >= 0.3 is 0 Å². The highest BCUT2D eigenvalue weighted by molar-refractivity contribution is 5.94. The lowest BCUT2D eigenvalue weighted by molar-refractivity contribution is -0.118. The summed E-state index contributed by atoms with van der Waals surface area (Å²) in [7, 11) is 0. The third-order valence-corrected chi connectivity index (χ3v) is 3.59. The van der Waals surface area contributed by atoms with Crippen molar-refractivity contribution in [3.63, 3.8) is 0 Å². The Balaban J connectivity index is 1.64. The molecule has 0 unspecified atom stereocenters. The van der Waals surface area contributed by atoms with E-state index in [0.29, 0.717) is 5.69 Å². The summed E-state index contributed by atoms with van der Waals surface area (Å²) in [6.45, 7) is 2.03. The van der Waals surface area contributed by atoms with Crippen LogP contribution in [0.25, 0.3) is 10.9 Å². The molecule has 0 saturated carbocycles. The van der Waals surface area contributed by atoms with Gasteiger partial charge < -0.3 is 10.1 Å². The van der Waals surface area contributed by atoms with Gasteiger partial charge in [0.2, 0.25) is 0 Å². The Kier molecular flexibility index (Phi) is 4.52. The molecular formula is C19H18N2O2. The second-order valence-corrected chi connectivity index (χ2v) is 5.21. The highest BCUT2D eigenvalue weighted by Crippen LogP contribution is 2.19. The van der Waals surface area contributed by atoms with E-state index in [0.717, 1.165) is 28.6 Å². The number of pyridine rings is 1. The van der Waals surface area contributed by atoms with E-state index in [1.54, 1.807) is 6.20 Å². The maximum atomic E-state index is 12.1. The van der Waals surface area contributed by atoms with Crippen molar-refractivity contribution in [1.82, 2.24) is 4.98 Å². The van der Waals surface area contributed by atoms with Crippen LogP contribution < -0.4 is 10.1 Å². The number of benzene rings is 2. The second kappa shape index (κ2) is 6.92. The normalized spacial score (nSPS) is 10.5. The number of anilines is 1. The number of nitrogens with zero attached hydrogens (tertiary/aromatic N) is 1. The second-order valence-electron chi connectivity index (χ2n) is 5.21. The maximum absolute atomic E-state index is 12.1. The first-order valence-corrected chi connectivity index (χ1v) is 7.61. The number of ether oxygens (including phenoxy) is 1. The minimum absolute atomic E-state index is 0.0240. The molecule has 0 aliphatic rings. The molecule has 3 aromatic rings. The Hall–Kier alpha value is -2.88. The zero-order valence-corrected chi connectivity index (χ0v) is 13.0. The summed E-state index contributed by atoms with van der Waals surface area (Å²) in [4.78, 5) is 16.4. The topological polar surface area (TPSA) is 51.2 Å². The van der Waals surface area contributed by atoms with E-state index in [9.17, 15) is 4.79 Å². The number of nitrogens with one attached hydrogen (secondary N) is 1. The van der Waals surface area contributed by atoms with Gasteiger partial charge in [-0.2, -0.15) is 0 Å². The van der Waals surface area contributed by atoms with Gasteiger partial charge in [-0.05, 0) is 30.2 Å². The molecule has 3 rings (SSSR count). The first-order valence-electron chi connectivity index (χ1n) is 7.61. The molecule has 1 aromatic heterocycles. The predicted octanol–water partition coefficient (Wildman–Crippen LogP) is 3.81. The smallest absolute Gasteiger partial charge is 0.262 e. The number of amides is 1. The first kappa shape index (κ1) is 15.0. The van der Waals surface area contributed by atoms with Crippen LogP contribution in [-0.2, 0) is 11.2 Å². The van der Waals surface area contributed by atoms with Gasteiger partial charge in [0.25, 0.3) is 5.91 Å². The third-order valence-electron chi connectivity index (χ3n) is 3.59. The minimum atomic E-state index is -0.201. The van der Waals surface area contributed by atoms with E-state index >= 15 is 0 Å². The van der Waals surface area contributed by atoms with Gasteiger partial charge in [0.05, 0.1) is 17.4 Å². The fourth-order valence-corrected chi connectivity index (χ4v) is 2.42. The van der Waals surface area contributed by atoms with Gasteiger partial charge in [0.15, 0.2) is 6.61 Å². The molecule has 0 fully saturated rings. The van der Waals surface area contributed by atoms with Gasteiger partial charge in [-0.3, -0.25) is 9.78 Å². The Labute approximate surface area is 135 Å². The number of aryl methyl sites for hydroxylation is 1. The van der Waals surface area contributed by atoms with Crippen LogP contribution in [0.5, 0.6) is 5.75 Å². The summed E-state index contributed by atoms with van der Waals surface area (Å²) < 4.78 is 5.62. The van der Waals surface area contributed by atoms with Crippen molar-refractivity contribution >= 4 is 22.5 Å². The molecule has 0 spiro atoms. The molecular weight excluding hydrogens is 288 g/mol. The van der Waals surface area contributed by atoms with Crippen molar-refractivity contribution in [2.45, 2.75) is 13.3 Å². The zero-order chi connectivity index (χ0) is 16.1. The van der Waals surface area contributed by atoms with Crippen molar-refractivity contribution in [3.05, 3.63) is 66.4 Å². The Morgan fingerprint density at radius 1 is 1.13 bits per heavy atom. The molecule has 0 radical (unpaired) electrons. The number of hydrogen-bond acceptors (Lipinski definition) is 3. The molecule has 1 N–H and O–H groups in total. The molecule has 1 heterocycles. The van der Waals surface area contributed by atoms with E-state index in [4.69, 9.17) is 4.74 Å². The van der Waals surface area contributed by atoms with Crippen molar-refractivity contribution in [2.24, 2.45) is 0 Å². The molecule has 0 aliphatic heterocycles. The summed E-state index contributed by atoms with van der Waals surface area (Å²) in [6.07, 6.45) is 2.52. The number of hydrogen-bond donors (Lipinski definition) is 1.